The Morgan fingerprint density at radius 1 is 1.30 bits per heavy atom. The van der Waals surface area contributed by atoms with Crippen LogP contribution in [0.25, 0.3) is 10.9 Å². The molecular weight excluding hydrogens is 351 g/mol. The first-order chi connectivity index (χ1) is 13.2. The maximum absolute atomic E-state index is 13.4. The Balaban J connectivity index is 0.000000565. The van der Waals surface area contributed by atoms with E-state index in [9.17, 15) is 4.39 Å². The molecule has 8 heteroatoms. The molecular formula is C19H23FN4O3. The number of anilines is 1. The number of hydrogen-bond acceptors (Lipinski definition) is 6. The fraction of sp³-hybridized carbons (Fsp3) is 0.526. The highest BCUT2D eigenvalue weighted by Gasteiger charge is 2.42. The Labute approximate surface area is 156 Å². The van der Waals surface area contributed by atoms with Gasteiger partial charge in [0.1, 0.15) is 18.0 Å². The van der Waals surface area contributed by atoms with E-state index in [2.05, 4.69) is 20.2 Å². The molecule has 0 unspecified atom stereocenters. The van der Waals surface area contributed by atoms with E-state index < -0.39 is 0 Å². The molecule has 0 radical (unpaired) electrons. The van der Waals surface area contributed by atoms with Crippen molar-refractivity contribution in [1.82, 2.24) is 14.9 Å². The maximum Gasteiger partial charge on any atom is 0.290 e. The van der Waals surface area contributed by atoms with Crippen molar-refractivity contribution in [3.05, 3.63) is 30.3 Å². The van der Waals surface area contributed by atoms with Crippen molar-refractivity contribution in [3.8, 4) is 0 Å². The fourth-order valence-electron chi connectivity index (χ4n) is 4.10. The Morgan fingerprint density at radius 3 is 2.89 bits per heavy atom. The van der Waals surface area contributed by atoms with Crippen LogP contribution in [0.3, 0.4) is 0 Å². The van der Waals surface area contributed by atoms with Crippen LogP contribution in [0.4, 0.5) is 10.2 Å². The van der Waals surface area contributed by atoms with Crippen LogP contribution >= 0.6 is 0 Å². The molecule has 1 aromatic carbocycles. The van der Waals surface area contributed by atoms with E-state index in [0.717, 1.165) is 43.2 Å². The Morgan fingerprint density at radius 2 is 2.11 bits per heavy atom. The molecule has 2 aliphatic heterocycles. The van der Waals surface area contributed by atoms with E-state index in [1.54, 1.807) is 6.07 Å². The van der Waals surface area contributed by atoms with Gasteiger partial charge in [-0.3, -0.25) is 9.69 Å². The second-order valence-corrected chi connectivity index (χ2v) is 7.38. The summed E-state index contributed by atoms with van der Waals surface area (Å²) in [7, 11) is 0. The molecule has 0 spiro atoms. The number of carboxylic acid groups (broad SMARTS) is 1. The standard InChI is InChI=1S/C18H21FN4O.CH2O2/c19-12-3-4-15-16(5-12)20-10-21-18(15)22-13-6-14-9-24-17(11-1-2-11)8-23(14)7-13;2-1-3/h3-5,10-11,13-14,17H,1-2,6-9H2,(H,20,21,22);1H,(H,2,3)/t13-,14-,17-;/m0./s1. The molecule has 1 aliphatic carbocycles. The highest BCUT2D eigenvalue weighted by Crippen LogP contribution is 2.38. The molecule has 2 aromatic rings. The molecule has 2 saturated heterocycles. The van der Waals surface area contributed by atoms with E-state index in [0.29, 0.717) is 23.7 Å². The normalized spacial score (nSPS) is 27.5. The number of carbonyl (C=O) groups is 1. The van der Waals surface area contributed by atoms with Gasteiger partial charge in [-0.05, 0) is 37.3 Å². The van der Waals surface area contributed by atoms with E-state index in [1.165, 1.54) is 31.3 Å². The van der Waals surface area contributed by atoms with Crippen molar-refractivity contribution >= 4 is 23.2 Å². The van der Waals surface area contributed by atoms with Gasteiger partial charge in [-0.15, -0.1) is 0 Å². The van der Waals surface area contributed by atoms with Gasteiger partial charge in [0.15, 0.2) is 0 Å². The number of nitrogens with one attached hydrogen (secondary N) is 1. The minimum absolute atomic E-state index is 0.250. The van der Waals surface area contributed by atoms with Gasteiger partial charge in [-0.25, -0.2) is 14.4 Å². The first-order valence-corrected chi connectivity index (χ1v) is 9.28. The minimum atomic E-state index is -0.270. The topological polar surface area (TPSA) is 87.6 Å². The van der Waals surface area contributed by atoms with Crippen molar-refractivity contribution in [2.75, 3.05) is 25.0 Å². The van der Waals surface area contributed by atoms with Crippen LogP contribution in [0.15, 0.2) is 24.5 Å². The number of hydrogen-bond donors (Lipinski definition) is 2. The summed E-state index contributed by atoms with van der Waals surface area (Å²) in [5, 5.41) is 11.3. The van der Waals surface area contributed by atoms with Crippen LogP contribution in [0.5, 0.6) is 0 Å². The van der Waals surface area contributed by atoms with Gasteiger partial charge in [0.05, 0.1) is 18.2 Å². The molecule has 1 aromatic heterocycles. The van der Waals surface area contributed by atoms with E-state index in [1.807, 2.05) is 0 Å². The number of rotatable bonds is 3. The molecule has 27 heavy (non-hydrogen) atoms. The highest BCUT2D eigenvalue weighted by molar-refractivity contribution is 5.88. The largest absolute Gasteiger partial charge is 0.483 e. The van der Waals surface area contributed by atoms with Gasteiger partial charge in [-0.1, -0.05) is 0 Å². The van der Waals surface area contributed by atoms with Crippen LogP contribution in [0.1, 0.15) is 19.3 Å². The Hall–Kier alpha value is -2.32. The molecule has 0 bridgehead atoms. The lowest BCUT2D eigenvalue weighted by Gasteiger charge is -2.35. The smallest absolute Gasteiger partial charge is 0.290 e. The molecule has 3 fully saturated rings. The lowest BCUT2D eigenvalue weighted by molar-refractivity contribution is -0.122. The number of aromatic nitrogens is 2. The van der Waals surface area contributed by atoms with Crippen LogP contribution in [-0.2, 0) is 9.53 Å². The zero-order chi connectivity index (χ0) is 18.8. The third-order valence-corrected chi connectivity index (χ3v) is 5.53. The molecule has 3 heterocycles. The van der Waals surface area contributed by atoms with Crippen molar-refractivity contribution in [2.24, 2.45) is 5.92 Å². The zero-order valence-electron chi connectivity index (χ0n) is 14.9. The number of ether oxygens (including phenoxy) is 1. The lowest BCUT2D eigenvalue weighted by atomic mass is 10.1. The number of halogens is 1. The first-order valence-electron chi connectivity index (χ1n) is 9.28. The summed E-state index contributed by atoms with van der Waals surface area (Å²) in [5.41, 5.74) is 0.639. The lowest BCUT2D eigenvalue weighted by Crippen LogP contribution is -2.47. The molecule has 2 N–H and O–H groups in total. The summed E-state index contributed by atoms with van der Waals surface area (Å²) in [6.07, 6.45) is 5.65. The molecule has 0 amide bonds. The summed E-state index contributed by atoms with van der Waals surface area (Å²) in [6, 6.07) is 5.52. The number of nitrogens with zero attached hydrogens (tertiary/aromatic N) is 3. The fourth-order valence-corrected chi connectivity index (χ4v) is 4.10. The second kappa shape index (κ2) is 7.74. The van der Waals surface area contributed by atoms with Crippen LogP contribution < -0.4 is 5.32 Å². The zero-order valence-corrected chi connectivity index (χ0v) is 14.9. The average molecular weight is 374 g/mol. The molecule has 3 atom stereocenters. The molecule has 3 aliphatic rings. The highest BCUT2D eigenvalue weighted by atomic mass is 19.1. The van der Waals surface area contributed by atoms with Gasteiger partial charge in [0.25, 0.3) is 6.47 Å². The van der Waals surface area contributed by atoms with Gasteiger partial charge in [0.2, 0.25) is 0 Å². The quantitative estimate of drug-likeness (QED) is 0.796. The minimum Gasteiger partial charge on any atom is -0.483 e. The van der Waals surface area contributed by atoms with E-state index >= 15 is 0 Å². The average Bonchev–Trinajstić information content (AvgIpc) is 3.42. The van der Waals surface area contributed by atoms with Crippen molar-refractivity contribution in [3.63, 3.8) is 0 Å². The molecule has 144 valence electrons. The Bertz CT molecular complexity index is 817. The van der Waals surface area contributed by atoms with E-state index in [-0.39, 0.29) is 12.3 Å². The molecule has 7 nitrogen and oxygen atoms in total. The summed E-state index contributed by atoms with van der Waals surface area (Å²) in [6.45, 7) is 2.67. The maximum atomic E-state index is 13.4. The third-order valence-electron chi connectivity index (χ3n) is 5.53. The third kappa shape index (κ3) is 4.01. The first kappa shape index (κ1) is 18.1. The summed E-state index contributed by atoms with van der Waals surface area (Å²) in [5.74, 6) is 1.32. The van der Waals surface area contributed by atoms with Gasteiger partial charge in [0, 0.05) is 36.6 Å². The molecule has 5 rings (SSSR count). The summed E-state index contributed by atoms with van der Waals surface area (Å²) >= 11 is 0. The molecule has 1 saturated carbocycles. The van der Waals surface area contributed by atoms with Gasteiger partial charge >= 0.3 is 0 Å². The monoisotopic (exact) mass is 374 g/mol. The van der Waals surface area contributed by atoms with Crippen LogP contribution in [0, 0.1) is 11.7 Å². The van der Waals surface area contributed by atoms with Crippen molar-refractivity contribution < 1.29 is 19.0 Å². The van der Waals surface area contributed by atoms with Crippen LogP contribution in [0.2, 0.25) is 0 Å². The van der Waals surface area contributed by atoms with Gasteiger partial charge < -0.3 is 15.2 Å². The summed E-state index contributed by atoms with van der Waals surface area (Å²) < 4.78 is 19.4. The van der Waals surface area contributed by atoms with E-state index in [4.69, 9.17) is 14.6 Å². The summed E-state index contributed by atoms with van der Waals surface area (Å²) in [4.78, 5) is 19.5. The van der Waals surface area contributed by atoms with Crippen molar-refractivity contribution in [1.29, 1.82) is 0 Å². The van der Waals surface area contributed by atoms with Gasteiger partial charge in [-0.2, -0.15) is 0 Å². The Kier molecular flexibility index (Phi) is 5.18. The SMILES string of the molecule is Fc1ccc2c(N[C@H]3C[C@H]4CO[C@H](C5CC5)CN4C3)ncnc2c1.O=CO. The predicted molar refractivity (Wildman–Crippen MR) is 98.0 cm³/mol. The number of benzene rings is 1. The number of fused-ring (bicyclic) bond motifs is 2. The predicted octanol–water partition coefficient (Wildman–Crippen LogP) is 2.13. The second-order valence-electron chi connectivity index (χ2n) is 7.38. The van der Waals surface area contributed by atoms with Crippen LogP contribution in [-0.4, -0.2) is 64.3 Å². The number of morpholine rings is 1. The van der Waals surface area contributed by atoms with Crippen molar-refractivity contribution in [2.45, 2.75) is 37.5 Å².